The number of phenols is 1. The van der Waals surface area contributed by atoms with Gasteiger partial charge in [-0.05, 0) is 61.3 Å². The largest absolute Gasteiger partial charge is 0.624 e. The second kappa shape index (κ2) is 15.7. The lowest BCUT2D eigenvalue weighted by atomic mass is 9.78. The second-order valence-corrected chi connectivity index (χ2v) is 13.5. The summed E-state index contributed by atoms with van der Waals surface area (Å²) in [6.45, 7) is 26.5. The standard InChI is InChI=1S/C15H24O.C11H15NO.C8H17NO/c1-10-8-11(14(2,3)4)13(16)12(9-10)15(5,6)7;1-11(2,3)12(13)9-10-7-5-4-6-8-10;1-4-5-6-7-9(10)8(2)3/h8-9,16H,1-7H3;4-9H,1-3H3;7-8H,4-6H2,1-3H3/b;12-9-;9-7-. The van der Waals surface area contributed by atoms with Crippen molar-refractivity contribution in [1.82, 2.24) is 0 Å². The molecule has 39 heavy (non-hydrogen) atoms. The van der Waals surface area contributed by atoms with Crippen molar-refractivity contribution in [2.75, 3.05) is 0 Å². The van der Waals surface area contributed by atoms with Gasteiger partial charge in [-0.2, -0.15) is 0 Å². The maximum atomic E-state index is 11.5. The molecular weight excluding hydrogens is 484 g/mol. The molecular formula is C34H56N2O3. The predicted molar refractivity (Wildman–Crippen MR) is 170 cm³/mol. The van der Waals surface area contributed by atoms with Crippen LogP contribution in [0.2, 0.25) is 0 Å². The maximum Gasteiger partial charge on any atom is 0.182 e. The van der Waals surface area contributed by atoms with Crippen molar-refractivity contribution >= 4 is 12.4 Å². The molecule has 2 aromatic rings. The lowest BCUT2D eigenvalue weighted by molar-refractivity contribution is -0.530. The van der Waals surface area contributed by atoms with Crippen molar-refractivity contribution in [3.05, 3.63) is 75.1 Å². The van der Waals surface area contributed by atoms with Crippen molar-refractivity contribution in [3.8, 4) is 5.75 Å². The molecule has 5 nitrogen and oxygen atoms in total. The summed E-state index contributed by atoms with van der Waals surface area (Å²) >= 11 is 0. The number of rotatable bonds is 5. The fourth-order valence-corrected chi connectivity index (χ4v) is 3.42. The molecule has 0 bridgehead atoms. The van der Waals surface area contributed by atoms with Gasteiger partial charge < -0.3 is 15.5 Å². The summed E-state index contributed by atoms with van der Waals surface area (Å²) in [6.07, 6.45) is 6.53. The van der Waals surface area contributed by atoms with Crippen LogP contribution < -0.4 is 0 Å². The molecule has 0 unspecified atom stereocenters. The van der Waals surface area contributed by atoms with Crippen molar-refractivity contribution in [2.24, 2.45) is 0 Å². The first-order chi connectivity index (χ1) is 17.7. The van der Waals surface area contributed by atoms with Crippen molar-refractivity contribution in [2.45, 2.75) is 132 Å². The number of hydroxylamine groups is 2. The zero-order valence-electron chi connectivity index (χ0n) is 27.1. The van der Waals surface area contributed by atoms with Gasteiger partial charge in [0.2, 0.25) is 0 Å². The maximum absolute atomic E-state index is 11.5. The minimum atomic E-state index is -0.365. The van der Waals surface area contributed by atoms with Gasteiger partial charge in [0.05, 0.1) is 0 Å². The zero-order chi connectivity index (χ0) is 30.6. The van der Waals surface area contributed by atoms with Gasteiger partial charge in [-0.1, -0.05) is 90.8 Å². The number of unbranched alkanes of at least 4 members (excludes halogenated alkanes) is 2. The van der Waals surface area contributed by atoms with Gasteiger partial charge in [-0.25, -0.2) is 9.48 Å². The van der Waals surface area contributed by atoms with E-state index < -0.39 is 0 Å². The molecule has 0 aliphatic rings. The van der Waals surface area contributed by atoms with Gasteiger partial charge >= 0.3 is 0 Å². The molecule has 2 rings (SSSR count). The molecule has 0 aliphatic heterocycles. The summed E-state index contributed by atoms with van der Waals surface area (Å²) < 4.78 is 2.00. The van der Waals surface area contributed by atoms with E-state index in [1.807, 2.05) is 65.0 Å². The zero-order valence-corrected chi connectivity index (χ0v) is 27.1. The summed E-state index contributed by atoms with van der Waals surface area (Å²) in [5.74, 6) is 0.464. The van der Waals surface area contributed by atoms with Crippen molar-refractivity contribution in [1.29, 1.82) is 0 Å². The van der Waals surface area contributed by atoms with E-state index in [4.69, 9.17) is 0 Å². The number of aryl methyl sites for hydroxylation is 1. The summed E-state index contributed by atoms with van der Waals surface area (Å²) in [6, 6.07) is 13.9. The Morgan fingerprint density at radius 3 is 1.67 bits per heavy atom. The van der Waals surface area contributed by atoms with Crippen LogP contribution in [0.4, 0.5) is 0 Å². The molecule has 0 amide bonds. The highest BCUT2D eigenvalue weighted by Gasteiger charge is 2.25. The van der Waals surface area contributed by atoms with Gasteiger partial charge in [0, 0.05) is 32.8 Å². The Hall–Kier alpha value is -2.82. The summed E-state index contributed by atoms with van der Waals surface area (Å²) in [5.41, 5.74) is 3.83. The molecule has 0 aliphatic carbocycles. The smallest absolute Gasteiger partial charge is 0.182 e. The molecule has 220 valence electrons. The highest BCUT2D eigenvalue weighted by atomic mass is 16.5. The van der Waals surface area contributed by atoms with Crippen LogP contribution in [-0.2, 0) is 10.8 Å². The number of aromatic hydroxyl groups is 1. The van der Waals surface area contributed by atoms with Gasteiger partial charge in [-0.3, -0.25) is 0 Å². The van der Waals surface area contributed by atoms with Crippen LogP contribution in [-0.4, -0.2) is 38.6 Å². The first-order valence-corrected chi connectivity index (χ1v) is 14.2. The Balaban J connectivity index is 0.000000572. The molecule has 5 heteroatoms. The normalized spacial score (nSPS) is 12.9. The molecule has 0 heterocycles. The molecule has 0 atom stereocenters. The van der Waals surface area contributed by atoms with E-state index in [-0.39, 0.29) is 22.4 Å². The molecule has 1 N–H and O–H groups in total. The number of phenolic OH excluding ortho intramolecular Hbond substituents is 1. The molecule has 0 saturated heterocycles. The lowest BCUT2D eigenvalue weighted by Gasteiger charge is -2.27. The van der Waals surface area contributed by atoms with Crippen LogP contribution in [0.3, 0.4) is 0 Å². The highest BCUT2D eigenvalue weighted by Crippen LogP contribution is 2.39. The second-order valence-electron chi connectivity index (χ2n) is 13.5. The quantitative estimate of drug-likeness (QED) is 0.135. The first kappa shape index (κ1) is 36.2. The summed E-state index contributed by atoms with van der Waals surface area (Å²) in [7, 11) is 0. The Morgan fingerprint density at radius 1 is 0.846 bits per heavy atom. The van der Waals surface area contributed by atoms with Crippen LogP contribution in [0.5, 0.6) is 5.75 Å². The van der Waals surface area contributed by atoms with E-state index in [1.165, 1.54) is 5.56 Å². The molecule has 0 spiro atoms. The average Bonchev–Trinajstić information content (AvgIpc) is 2.80. The fraction of sp³-hybridized carbons (Fsp3) is 0.588. The molecule has 0 fully saturated rings. The van der Waals surface area contributed by atoms with E-state index in [9.17, 15) is 15.5 Å². The van der Waals surface area contributed by atoms with E-state index in [0.29, 0.717) is 5.75 Å². The Morgan fingerprint density at radius 2 is 1.31 bits per heavy atom. The Bertz CT molecular complexity index is 1010. The molecule has 0 radical (unpaired) electrons. The van der Waals surface area contributed by atoms with Crippen molar-refractivity contribution < 1.29 is 14.6 Å². The summed E-state index contributed by atoms with van der Waals surface area (Å²) in [5, 5.41) is 32.8. The number of hydrogen-bond donors (Lipinski definition) is 1. The third-order valence-electron chi connectivity index (χ3n) is 5.97. The van der Waals surface area contributed by atoms with Crippen LogP contribution in [0.1, 0.15) is 125 Å². The lowest BCUT2D eigenvalue weighted by Crippen LogP contribution is -2.29. The first-order valence-electron chi connectivity index (χ1n) is 14.2. The van der Waals surface area contributed by atoms with Crippen molar-refractivity contribution in [3.63, 3.8) is 0 Å². The minimum Gasteiger partial charge on any atom is -0.624 e. The SMILES string of the molecule is CC(C)(C)/[N+]([O-])=C/c1ccccc1.CCCC/C=[N+](\[O-])C(C)C.Cc1cc(C(C)(C)C)c(O)c(C(C)(C)C)c1. The van der Waals surface area contributed by atoms with E-state index in [0.717, 1.165) is 45.4 Å². The van der Waals surface area contributed by atoms with Crippen LogP contribution in [0, 0.1) is 17.3 Å². The van der Waals surface area contributed by atoms with Crippen LogP contribution in [0.25, 0.3) is 0 Å². The number of nitrogens with zero attached hydrogens (tertiary/aromatic N) is 2. The topological polar surface area (TPSA) is 72.4 Å². The average molecular weight is 541 g/mol. The van der Waals surface area contributed by atoms with Gasteiger partial charge in [0.25, 0.3) is 0 Å². The number of benzene rings is 2. The predicted octanol–water partition coefficient (Wildman–Crippen LogP) is 8.88. The van der Waals surface area contributed by atoms with Gasteiger partial charge in [0.15, 0.2) is 24.0 Å². The molecule has 0 saturated carbocycles. The summed E-state index contributed by atoms with van der Waals surface area (Å²) in [4.78, 5) is 0. The Labute approximate surface area is 239 Å². The van der Waals surface area contributed by atoms with E-state index in [2.05, 4.69) is 67.5 Å². The monoisotopic (exact) mass is 540 g/mol. The van der Waals surface area contributed by atoms with Gasteiger partial charge in [-0.15, -0.1) is 0 Å². The van der Waals surface area contributed by atoms with E-state index in [1.54, 1.807) is 12.4 Å². The van der Waals surface area contributed by atoms with E-state index >= 15 is 0 Å². The van der Waals surface area contributed by atoms with Gasteiger partial charge in [0.1, 0.15) is 5.75 Å². The third kappa shape index (κ3) is 14.2. The highest BCUT2D eigenvalue weighted by molar-refractivity contribution is 5.75. The van der Waals surface area contributed by atoms with Crippen LogP contribution in [0.15, 0.2) is 42.5 Å². The fourth-order valence-electron chi connectivity index (χ4n) is 3.42. The number of hydrogen-bond acceptors (Lipinski definition) is 3. The Kier molecular flexibility index (Phi) is 14.6. The minimum absolute atomic E-state index is 0.0178. The molecule has 2 aromatic carbocycles. The molecule has 0 aromatic heterocycles. The third-order valence-corrected chi connectivity index (χ3v) is 5.97. The van der Waals surface area contributed by atoms with Crippen LogP contribution >= 0.6 is 0 Å².